The summed E-state index contributed by atoms with van der Waals surface area (Å²) in [5.74, 6) is 0.853. The Hall–Kier alpha value is -2.75. The van der Waals surface area contributed by atoms with Crippen molar-refractivity contribution in [2.24, 2.45) is 4.99 Å². The first-order chi connectivity index (χ1) is 9.90. The van der Waals surface area contributed by atoms with Crippen LogP contribution in [0, 0.1) is 0 Å². The van der Waals surface area contributed by atoms with Gasteiger partial charge < -0.3 is 5.32 Å². The molecule has 4 rings (SSSR count). The normalized spacial score (nSPS) is 15.2. The van der Waals surface area contributed by atoms with Crippen molar-refractivity contribution in [3.63, 3.8) is 0 Å². The molecule has 1 aliphatic heterocycles. The maximum Gasteiger partial charge on any atom is 0.137 e. The topological polar surface area (TPSA) is 50.2 Å². The van der Waals surface area contributed by atoms with E-state index in [1.54, 1.807) is 6.33 Å². The molecule has 1 aliphatic carbocycles. The quantitative estimate of drug-likeness (QED) is 0.902. The molecule has 20 heavy (non-hydrogen) atoms. The van der Waals surface area contributed by atoms with Gasteiger partial charge in [-0.1, -0.05) is 18.2 Å². The van der Waals surface area contributed by atoms with Gasteiger partial charge in [-0.2, -0.15) is 0 Å². The van der Waals surface area contributed by atoms with Crippen molar-refractivity contribution in [2.45, 2.75) is 6.42 Å². The first-order valence-corrected chi connectivity index (χ1v) is 6.51. The molecule has 1 N–H and O–H groups in total. The fraction of sp³-hybridized carbons (Fsp3) is 0.0625. The SMILES string of the molecule is C1=CC2=Cc3ncnc(Nc4ccccc4)c3CC2=N1. The summed E-state index contributed by atoms with van der Waals surface area (Å²) in [6.45, 7) is 0. The van der Waals surface area contributed by atoms with Crippen LogP contribution in [0.5, 0.6) is 0 Å². The number of hydrogen-bond donors (Lipinski definition) is 1. The Bertz CT molecular complexity index is 757. The Labute approximate surface area is 116 Å². The van der Waals surface area contributed by atoms with Gasteiger partial charge in [-0.25, -0.2) is 9.97 Å². The van der Waals surface area contributed by atoms with Crippen LogP contribution in [0.2, 0.25) is 0 Å². The van der Waals surface area contributed by atoms with Gasteiger partial charge in [0.25, 0.3) is 0 Å². The lowest BCUT2D eigenvalue weighted by Crippen LogP contribution is -2.13. The molecular formula is C16H12N4. The molecule has 0 saturated carbocycles. The zero-order chi connectivity index (χ0) is 13.4. The first kappa shape index (κ1) is 11.1. The highest BCUT2D eigenvalue weighted by Gasteiger charge is 2.21. The van der Waals surface area contributed by atoms with E-state index in [0.717, 1.165) is 40.5 Å². The van der Waals surface area contributed by atoms with Gasteiger partial charge in [-0.15, -0.1) is 0 Å². The van der Waals surface area contributed by atoms with Gasteiger partial charge in [0.15, 0.2) is 0 Å². The Morgan fingerprint density at radius 2 is 1.95 bits per heavy atom. The van der Waals surface area contributed by atoms with E-state index in [9.17, 15) is 0 Å². The highest BCUT2D eigenvalue weighted by Crippen LogP contribution is 2.29. The minimum Gasteiger partial charge on any atom is -0.340 e. The summed E-state index contributed by atoms with van der Waals surface area (Å²) in [5, 5.41) is 3.36. The lowest BCUT2D eigenvalue weighted by Gasteiger charge is -2.17. The van der Waals surface area contributed by atoms with Gasteiger partial charge in [0.2, 0.25) is 0 Å². The summed E-state index contributed by atoms with van der Waals surface area (Å²) in [6.07, 6.45) is 8.29. The predicted octanol–water partition coefficient (Wildman–Crippen LogP) is 3.13. The zero-order valence-corrected chi connectivity index (χ0v) is 10.7. The number of anilines is 2. The second-order valence-electron chi connectivity index (χ2n) is 4.75. The largest absolute Gasteiger partial charge is 0.340 e. The van der Waals surface area contributed by atoms with Crippen molar-refractivity contribution in [1.82, 2.24) is 9.97 Å². The van der Waals surface area contributed by atoms with Crippen molar-refractivity contribution in [3.05, 3.63) is 65.8 Å². The highest BCUT2D eigenvalue weighted by atomic mass is 15.0. The van der Waals surface area contributed by atoms with E-state index in [0.29, 0.717) is 0 Å². The van der Waals surface area contributed by atoms with Crippen LogP contribution in [0.15, 0.2) is 59.5 Å². The fourth-order valence-electron chi connectivity index (χ4n) is 2.46. The molecule has 2 aliphatic rings. The number of aromatic nitrogens is 2. The Kier molecular flexibility index (Phi) is 2.45. The van der Waals surface area contributed by atoms with Gasteiger partial charge in [-0.3, -0.25) is 4.99 Å². The number of allylic oxidation sites excluding steroid dienone is 2. The lowest BCUT2D eigenvalue weighted by atomic mass is 9.95. The molecule has 1 aromatic carbocycles. The van der Waals surface area contributed by atoms with Crippen LogP contribution < -0.4 is 5.32 Å². The molecule has 0 amide bonds. The highest BCUT2D eigenvalue weighted by molar-refractivity contribution is 6.11. The van der Waals surface area contributed by atoms with E-state index >= 15 is 0 Å². The summed E-state index contributed by atoms with van der Waals surface area (Å²) in [5.41, 5.74) is 5.33. The number of nitrogens with one attached hydrogen (secondary N) is 1. The van der Waals surface area contributed by atoms with E-state index < -0.39 is 0 Å². The van der Waals surface area contributed by atoms with Crippen LogP contribution in [0.3, 0.4) is 0 Å². The number of para-hydroxylation sites is 1. The lowest BCUT2D eigenvalue weighted by molar-refractivity contribution is 1.08. The molecule has 0 spiro atoms. The maximum atomic E-state index is 4.39. The molecule has 2 heterocycles. The summed E-state index contributed by atoms with van der Waals surface area (Å²) in [7, 11) is 0. The molecule has 0 atom stereocenters. The number of hydrogen-bond acceptors (Lipinski definition) is 4. The van der Waals surface area contributed by atoms with Crippen LogP contribution in [-0.4, -0.2) is 15.7 Å². The van der Waals surface area contributed by atoms with Crippen LogP contribution in [0.4, 0.5) is 11.5 Å². The first-order valence-electron chi connectivity index (χ1n) is 6.51. The van der Waals surface area contributed by atoms with E-state index in [-0.39, 0.29) is 0 Å². The summed E-state index contributed by atoms with van der Waals surface area (Å²) >= 11 is 0. The van der Waals surface area contributed by atoms with Crippen LogP contribution in [-0.2, 0) is 6.42 Å². The summed E-state index contributed by atoms with van der Waals surface area (Å²) in [4.78, 5) is 13.1. The third kappa shape index (κ3) is 1.82. The zero-order valence-electron chi connectivity index (χ0n) is 10.7. The third-order valence-corrected chi connectivity index (χ3v) is 3.47. The predicted molar refractivity (Wildman–Crippen MR) is 80.0 cm³/mol. The second-order valence-corrected chi connectivity index (χ2v) is 4.75. The van der Waals surface area contributed by atoms with E-state index in [1.807, 2.05) is 42.6 Å². The molecule has 1 aromatic heterocycles. The maximum absolute atomic E-state index is 4.39. The van der Waals surface area contributed by atoms with Gasteiger partial charge in [-0.05, 0) is 29.9 Å². The molecular weight excluding hydrogens is 248 g/mol. The van der Waals surface area contributed by atoms with Gasteiger partial charge in [0.05, 0.1) is 11.4 Å². The van der Waals surface area contributed by atoms with E-state index in [1.165, 1.54) is 0 Å². The fourth-order valence-corrected chi connectivity index (χ4v) is 2.46. The number of nitrogens with zero attached hydrogens (tertiary/aromatic N) is 3. The second kappa shape index (κ2) is 4.42. The van der Waals surface area contributed by atoms with Gasteiger partial charge >= 0.3 is 0 Å². The molecule has 2 aromatic rings. The van der Waals surface area contributed by atoms with Crippen molar-refractivity contribution in [2.75, 3.05) is 5.32 Å². The number of aliphatic imine (C=N–C) groups is 1. The minimum atomic E-state index is 0.768. The third-order valence-electron chi connectivity index (χ3n) is 3.47. The number of benzene rings is 1. The van der Waals surface area contributed by atoms with Gasteiger partial charge in [0, 0.05) is 23.9 Å². The average Bonchev–Trinajstić information content (AvgIpc) is 2.94. The standard InChI is InChI=1S/C16H12N4/c1-2-4-12(5-3-1)20-16-13-9-14-11(6-7-17-14)8-15(13)18-10-19-16/h1-8,10H,9H2,(H,18,19,20). The molecule has 0 fully saturated rings. The van der Waals surface area contributed by atoms with Crippen LogP contribution in [0.1, 0.15) is 11.3 Å². The Balaban J connectivity index is 1.76. The van der Waals surface area contributed by atoms with Crippen molar-refractivity contribution >= 4 is 23.3 Å². The van der Waals surface area contributed by atoms with Gasteiger partial charge in [0.1, 0.15) is 12.1 Å². The smallest absolute Gasteiger partial charge is 0.137 e. The van der Waals surface area contributed by atoms with E-state index in [2.05, 4.69) is 26.4 Å². The molecule has 0 saturated heterocycles. The molecule has 0 bridgehead atoms. The molecule has 4 heteroatoms. The molecule has 0 radical (unpaired) electrons. The van der Waals surface area contributed by atoms with E-state index in [4.69, 9.17) is 0 Å². The number of fused-ring (bicyclic) bond motifs is 2. The Morgan fingerprint density at radius 3 is 2.85 bits per heavy atom. The molecule has 0 unspecified atom stereocenters. The van der Waals surface area contributed by atoms with Crippen molar-refractivity contribution in [1.29, 1.82) is 0 Å². The molecule has 96 valence electrons. The summed E-state index contributed by atoms with van der Waals surface area (Å²) < 4.78 is 0. The monoisotopic (exact) mass is 260 g/mol. The van der Waals surface area contributed by atoms with Crippen LogP contribution >= 0.6 is 0 Å². The Morgan fingerprint density at radius 1 is 1.05 bits per heavy atom. The number of rotatable bonds is 2. The van der Waals surface area contributed by atoms with Crippen molar-refractivity contribution in [3.8, 4) is 0 Å². The molecule has 4 nitrogen and oxygen atoms in total. The van der Waals surface area contributed by atoms with Crippen molar-refractivity contribution < 1.29 is 0 Å². The minimum absolute atomic E-state index is 0.768. The average molecular weight is 260 g/mol. The van der Waals surface area contributed by atoms with Crippen LogP contribution in [0.25, 0.3) is 6.08 Å². The summed E-state index contributed by atoms with van der Waals surface area (Å²) in [6, 6.07) is 10.0.